The summed E-state index contributed by atoms with van der Waals surface area (Å²) in [6.45, 7) is 5.57. The second-order valence-corrected chi connectivity index (χ2v) is 4.33. The molecule has 0 spiro atoms. The van der Waals surface area contributed by atoms with Gasteiger partial charge in [-0.25, -0.2) is 0 Å². The molecule has 0 aromatic heterocycles. The maximum absolute atomic E-state index is 11.5. The minimum absolute atomic E-state index is 0.269. The monoisotopic (exact) mass is 296 g/mol. The highest BCUT2D eigenvalue weighted by molar-refractivity contribution is 9.10. The van der Waals surface area contributed by atoms with Gasteiger partial charge in [-0.2, -0.15) is 0 Å². The topological polar surface area (TPSA) is 58.2 Å². The maximum Gasteiger partial charge on any atom is 0.313 e. The van der Waals surface area contributed by atoms with Crippen molar-refractivity contribution in [2.75, 3.05) is 11.9 Å². The largest absolute Gasteiger partial charge is 0.344 e. The maximum atomic E-state index is 11.5. The molecular formula is C12H13BrN2O2. The average Bonchev–Trinajstić information content (AvgIpc) is 2.29. The molecule has 4 nitrogen and oxygen atoms in total. The van der Waals surface area contributed by atoms with Crippen LogP contribution in [-0.2, 0) is 9.59 Å². The quantitative estimate of drug-likeness (QED) is 0.662. The third-order valence-corrected chi connectivity index (χ3v) is 2.54. The second kappa shape index (κ2) is 6.20. The fraction of sp³-hybridized carbons (Fsp3) is 0.167. The third kappa shape index (κ3) is 4.03. The van der Waals surface area contributed by atoms with Crippen LogP contribution in [0.4, 0.5) is 5.69 Å². The highest BCUT2D eigenvalue weighted by atomic mass is 79.9. The van der Waals surface area contributed by atoms with Crippen molar-refractivity contribution in [3.05, 3.63) is 40.9 Å². The van der Waals surface area contributed by atoms with Crippen LogP contribution in [0.2, 0.25) is 0 Å². The van der Waals surface area contributed by atoms with Gasteiger partial charge in [0.25, 0.3) is 0 Å². The predicted molar refractivity (Wildman–Crippen MR) is 70.7 cm³/mol. The number of carbonyl (C=O) groups excluding carboxylic acids is 2. The number of anilines is 1. The summed E-state index contributed by atoms with van der Waals surface area (Å²) in [4.78, 5) is 22.8. The van der Waals surface area contributed by atoms with Crippen molar-refractivity contribution >= 4 is 33.4 Å². The Balaban J connectivity index is 2.67. The number of amides is 2. The SMILES string of the molecule is C=CCNC(=O)C(=O)Nc1ccc(Br)cc1C. The number of benzene rings is 1. The molecule has 90 valence electrons. The molecule has 0 aliphatic heterocycles. The number of aryl methyl sites for hydroxylation is 1. The van der Waals surface area contributed by atoms with E-state index in [2.05, 4.69) is 33.1 Å². The highest BCUT2D eigenvalue weighted by Crippen LogP contribution is 2.19. The zero-order chi connectivity index (χ0) is 12.8. The van der Waals surface area contributed by atoms with Crippen LogP contribution in [-0.4, -0.2) is 18.4 Å². The molecule has 0 saturated heterocycles. The molecule has 0 saturated carbocycles. The van der Waals surface area contributed by atoms with E-state index in [0.717, 1.165) is 10.0 Å². The van der Waals surface area contributed by atoms with E-state index in [4.69, 9.17) is 0 Å². The molecule has 0 unspecified atom stereocenters. The molecular weight excluding hydrogens is 284 g/mol. The molecule has 1 aromatic rings. The van der Waals surface area contributed by atoms with E-state index in [1.165, 1.54) is 6.08 Å². The van der Waals surface area contributed by atoms with Gasteiger partial charge < -0.3 is 10.6 Å². The van der Waals surface area contributed by atoms with Gasteiger partial charge in [-0.1, -0.05) is 22.0 Å². The number of halogens is 1. The number of nitrogens with one attached hydrogen (secondary N) is 2. The summed E-state index contributed by atoms with van der Waals surface area (Å²) >= 11 is 3.32. The fourth-order valence-corrected chi connectivity index (χ4v) is 1.67. The Morgan fingerprint density at radius 2 is 2.12 bits per heavy atom. The lowest BCUT2D eigenvalue weighted by atomic mass is 10.2. The molecule has 17 heavy (non-hydrogen) atoms. The van der Waals surface area contributed by atoms with Crippen molar-refractivity contribution in [1.29, 1.82) is 0 Å². The first-order chi connectivity index (χ1) is 8.04. The Labute approximate surface area is 108 Å². The Morgan fingerprint density at radius 1 is 1.41 bits per heavy atom. The first kappa shape index (κ1) is 13.4. The van der Waals surface area contributed by atoms with Gasteiger partial charge in [-0.15, -0.1) is 6.58 Å². The van der Waals surface area contributed by atoms with E-state index in [-0.39, 0.29) is 6.54 Å². The lowest BCUT2D eigenvalue weighted by molar-refractivity contribution is -0.136. The lowest BCUT2D eigenvalue weighted by Gasteiger charge is -2.08. The van der Waals surface area contributed by atoms with Crippen LogP contribution >= 0.6 is 15.9 Å². The number of hydrogen-bond donors (Lipinski definition) is 2. The van der Waals surface area contributed by atoms with Gasteiger partial charge in [0, 0.05) is 16.7 Å². The van der Waals surface area contributed by atoms with E-state index in [9.17, 15) is 9.59 Å². The van der Waals surface area contributed by atoms with Gasteiger partial charge in [-0.05, 0) is 30.7 Å². The van der Waals surface area contributed by atoms with Crippen molar-refractivity contribution in [2.24, 2.45) is 0 Å². The summed E-state index contributed by atoms with van der Waals surface area (Å²) in [6, 6.07) is 5.39. The number of hydrogen-bond acceptors (Lipinski definition) is 2. The number of rotatable bonds is 3. The summed E-state index contributed by atoms with van der Waals surface area (Å²) in [5.41, 5.74) is 1.50. The summed E-state index contributed by atoms with van der Waals surface area (Å²) in [5.74, 6) is -1.36. The van der Waals surface area contributed by atoms with Gasteiger partial charge in [0.05, 0.1) is 0 Å². The van der Waals surface area contributed by atoms with E-state index >= 15 is 0 Å². The molecule has 0 fully saturated rings. The van der Waals surface area contributed by atoms with Crippen LogP contribution in [0.25, 0.3) is 0 Å². The smallest absolute Gasteiger partial charge is 0.313 e. The average molecular weight is 297 g/mol. The lowest BCUT2D eigenvalue weighted by Crippen LogP contribution is -2.35. The minimum Gasteiger partial charge on any atom is -0.344 e. The second-order valence-electron chi connectivity index (χ2n) is 3.41. The minimum atomic E-state index is -0.683. The normalized spacial score (nSPS) is 9.53. The first-order valence-corrected chi connectivity index (χ1v) is 5.80. The Hall–Kier alpha value is -1.62. The van der Waals surface area contributed by atoms with Crippen LogP contribution in [0.3, 0.4) is 0 Å². The zero-order valence-corrected chi connectivity index (χ0v) is 11.0. The van der Waals surface area contributed by atoms with Gasteiger partial charge in [0.1, 0.15) is 0 Å². The predicted octanol–water partition coefficient (Wildman–Crippen LogP) is 2.00. The van der Waals surface area contributed by atoms with Crippen molar-refractivity contribution in [1.82, 2.24) is 5.32 Å². The molecule has 0 heterocycles. The van der Waals surface area contributed by atoms with E-state index in [0.29, 0.717) is 5.69 Å². The van der Waals surface area contributed by atoms with Gasteiger partial charge >= 0.3 is 11.8 Å². The summed E-state index contributed by atoms with van der Waals surface area (Å²) < 4.78 is 0.920. The van der Waals surface area contributed by atoms with Gasteiger partial charge in [0.2, 0.25) is 0 Å². The molecule has 0 bridgehead atoms. The van der Waals surface area contributed by atoms with Crippen molar-refractivity contribution < 1.29 is 9.59 Å². The first-order valence-electron chi connectivity index (χ1n) is 5.01. The van der Waals surface area contributed by atoms with Gasteiger partial charge in [-0.3, -0.25) is 9.59 Å². The molecule has 1 rings (SSSR count). The molecule has 2 amide bonds. The Bertz CT molecular complexity index is 458. The van der Waals surface area contributed by atoms with E-state index in [1.807, 2.05) is 13.0 Å². The van der Waals surface area contributed by atoms with Crippen LogP contribution in [0.15, 0.2) is 35.3 Å². The highest BCUT2D eigenvalue weighted by Gasteiger charge is 2.13. The number of carbonyl (C=O) groups is 2. The third-order valence-electron chi connectivity index (χ3n) is 2.05. The van der Waals surface area contributed by atoms with E-state index < -0.39 is 11.8 Å². The van der Waals surface area contributed by atoms with Crippen molar-refractivity contribution in [3.63, 3.8) is 0 Å². The summed E-state index contributed by atoms with van der Waals surface area (Å²) in [6.07, 6.45) is 1.51. The Morgan fingerprint density at radius 3 is 2.71 bits per heavy atom. The van der Waals surface area contributed by atoms with Crippen molar-refractivity contribution in [2.45, 2.75) is 6.92 Å². The molecule has 5 heteroatoms. The zero-order valence-electron chi connectivity index (χ0n) is 9.42. The molecule has 0 aliphatic carbocycles. The molecule has 0 atom stereocenters. The fourth-order valence-electron chi connectivity index (χ4n) is 1.19. The van der Waals surface area contributed by atoms with Crippen molar-refractivity contribution in [3.8, 4) is 0 Å². The Kier molecular flexibility index (Phi) is 4.90. The standard InChI is InChI=1S/C12H13BrN2O2/c1-3-6-14-11(16)12(17)15-10-5-4-9(13)7-8(10)2/h3-5,7H,1,6H2,2H3,(H,14,16)(H,15,17). The molecule has 0 aliphatic rings. The molecule has 1 aromatic carbocycles. The van der Waals surface area contributed by atoms with Crippen LogP contribution in [0, 0.1) is 6.92 Å². The van der Waals surface area contributed by atoms with Crippen LogP contribution in [0.1, 0.15) is 5.56 Å². The molecule has 0 radical (unpaired) electrons. The van der Waals surface area contributed by atoms with Gasteiger partial charge in [0.15, 0.2) is 0 Å². The summed E-state index contributed by atoms with van der Waals surface area (Å²) in [7, 11) is 0. The summed E-state index contributed by atoms with van der Waals surface area (Å²) in [5, 5.41) is 4.94. The van der Waals surface area contributed by atoms with E-state index in [1.54, 1.807) is 12.1 Å². The van der Waals surface area contributed by atoms with Crippen LogP contribution < -0.4 is 10.6 Å². The molecule has 2 N–H and O–H groups in total. The van der Waals surface area contributed by atoms with Crippen LogP contribution in [0.5, 0.6) is 0 Å².